The minimum Gasteiger partial charge on any atom is -0.311 e. The molecular formula is C14H20N2. The van der Waals surface area contributed by atoms with Gasteiger partial charge in [-0.2, -0.15) is 0 Å². The second-order valence-corrected chi connectivity index (χ2v) is 5.12. The predicted octanol–water partition coefficient (Wildman–Crippen LogP) is 1.87. The van der Waals surface area contributed by atoms with Crippen LogP contribution in [-0.2, 0) is 6.54 Å². The molecule has 0 radical (unpaired) electrons. The van der Waals surface area contributed by atoms with Gasteiger partial charge in [-0.3, -0.25) is 4.90 Å². The summed E-state index contributed by atoms with van der Waals surface area (Å²) in [5, 5.41) is 3.66. The van der Waals surface area contributed by atoms with E-state index in [1.807, 2.05) is 0 Å². The lowest BCUT2D eigenvalue weighted by Gasteiger charge is -2.33. The molecule has 2 nitrogen and oxygen atoms in total. The number of rotatable bonds is 3. The van der Waals surface area contributed by atoms with Gasteiger partial charge in [0, 0.05) is 32.2 Å². The number of hydrogen-bond donors (Lipinski definition) is 1. The van der Waals surface area contributed by atoms with Gasteiger partial charge in [-0.15, -0.1) is 0 Å². The Balaban J connectivity index is 1.58. The van der Waals surface area contributed by atoms with Crippen molar-refractivity contribution in [2.45, 2.75) is 25.4 Å². The topological polar surface area (TPSA) is 15.3 Å². The van der Waals surface area contributed by atoms with Crippen LogP contribution in [0.15, 0.2) is 30.3 Å². The van der Waals surface area contributed by atoms with Crippen LogP contribution in [0, 0.1) is 5.92 Å². The summed E-state index contributed by atoms with van der Waals surface area (Å²) in [6.07, 6.45) is 2.88. The number of benzene rings is 1. The summed E-state index contributed by atoms with van der Waals surface area (Å²) in [6.45, 7) is 4.71. The van der Waals surface area contributed by atoms with Crippen molar-refractivity contribution in [3.8, 4) is 0 Å². The van der Waals surface area contributed by atoms with Crippen LogP contribution in [0.5, 0.6) is 0 Å². The molecular weight excluding hydrogens is 196 g/mol. The smallest absolute Gasteiger partial charge is 0.0234 e. The van der Waals surface area contributed by atoms with Crippen LogP contribution in [0.2, 0.25) is 0 Å². The molecule has 0 unspecified atom stereocenters. The summed E-state index contributed by atoms with van der Waals surface area (Å²) in [6, 6.07) is 11.6. The predicted molar refractivity (Wildman–Crippen MR) is 66.2 cm³/mol. The summed E-state index contributed by atoms with van der Waals surface area (Å²) in [4.78, 5) is 2.59. The van der Waals surface area contributed by atoms with E-state index < -0.39 is 0 Å². The van der Waals surface area contributed by atoms with Crippen LogP contribution in [-0.4, -0.2) is 30.6 Å². The van der Waals surface area contributed by atoms with E-state index in [0.29, 0.717) is 0 Å². The number of nitrogens with zero attached hydrogens (tertiary/aromatic N) is 1. The van der Waals surface area contributed by atoms with Gasteiger partial charge in [0.1, 0.15) is 0 Å². The van der Waals surface area contributed by atoms with Gasteiger partial charge in [0.05, 0.1) is 0 Å². The zero-order valence-electron chi connectivity index (χ0n) is 9.73. The molecule has 1 atom stereocenters. The Hall–Kier alpha value is -0.860. The van der Waals surface area contributed by atoms with E-state index in [9.17, 15) is 0 Å². The van der Waals surface area contributed by atoms with Crippen molar-refractivity contribution in [1.29, 1.82) is 0 Å². The van der Waals surface area contributed by atoms with Gasteiger partial charge in [0.2, 0.25) is 0 Å². The highest BCUT2D eigenvalue weighted by atomic mass is 15.2. The normalized spacial score (nSPS) is 26.9. The third-order valence-corrected chi connectivity index (χ3v) is 3.73. The summed E-state index contributed by atoms with van der Waals surface area (Å²) in [7, 11) is 0. The molecule has 2 heteroatoms. The average molecular weight is 216 g/mol. The molecule has 3 rings (SSSR count). The van der Waals surface area contributed by atoms with Crippen molar-refractivity contribution in [3.63, 3.8) is 0 Å². The zero-order valence-corrected chi connectivity index (χ0v) is 9.73. The van der Waals surface area contributed by atoms with Gasteiger partial charge in [-0.1, -0.05) is 30.3 Å². The van der Waals surface area contributed by atoms with E-state index in [4.69, 9.17) is 0 Å². The van der Waals surface area contributed by atoms with Crippen molar-refractivity contribution in [1.82, 2.24) is 10.2 Å². The molecule has 0 bridgehead atoms. The molecule has 1 aliphatic carbocycles. The third kappa shape index (κ3) is 2.45. The largest absolute Gasteiger partial charge is 0.311 e. The van der Waals surface area contributed by atoms with Crippen molar-refractivity contribution < 1.29 is 0 Å². The Labute approximate surface area is 97.6 Å². The van der Waals surface area contributed by atoms with Crippen LogP contribution >= 0.6 is 0 Å². The molecule has 0 spiro atoms. The van der Waals surface area contributed by atoms with Crippen LogP contribution in [0.4, 0.5) is 0 Å². The van der Waals surface area contributed by atoms with E-state index >= 15 is 0 Å². The van der Waals surface area contributed by atoms with E-state index in [1.54, 1.807) is 0 Å². The lowest BCUT2D eigenvalue weighted by molar-refractivity contribution is 0.181. The molecule has 1 saturated carbocycles. The summed E-state index contributed by atoms with van der Waals surface area (Å²) >= 11 is 0. The van der Waals surface area contributed by atoms with E-state index in [0.717, 1.165) is 25.0 Å². The van der Waals surface area contributed by atoms with E-state index in [2.05, 4.69) is 40.5 Å². The first-order valence-corrected chi connectivity index (χ1v) is 6.41. The molecule has 1 N–H and O–H groups in total. The third-order valence-electron chi connectivity index (χ3n) is 3.73. The fourth-order valence-corrected chi connectivity index (χ4v) is 2.64. The fraction of sp³-hybridized carbons (Fsp3) is 0.571. The van der Waals surface area contributed by atoms with Crippen LogP contribution in [0.3, 0.4) is 0 Å². The maximum atomic E-state index is 3.66. The molecule has 2 aliphatic rings. The van der Waals surface area contributed by atoms with Gasteiger partial charge >= 0.3 is 0 Å². The average Bonchev–Trinajstić information content (AvgIpc) is 3.15. The minimum atomic E-state index is 0.762. The first-order valence-electron chi connectivity index (χ1n) is 6.41. The van der Waals surface area contributed by atoms with Gasteiger partial charge < -0.3 is 5.32 Å². The summed E-state index contributed by atoms with van der Waals surface area (Å²) in [5.41, 5.74) is 1.44. The number of hydrogen-bond acceptors (Lipinski definition) is 2. The van der Waals surface area contributed by atoms with Crippen LogP contribution < -0.4 is 5.32 Å². The van der Waals surface area contributed by atoms with Crippen LogP contribution in [0.25, 0.3) is 0 Å². The van der Waals surface area contributed by atoms with Crippen LogP contribution in [0.1, 0.15) is 18.4 Å². The highest BCUT2D eigenvalue weighted by molar-refractivity contribution is 5.14. The summed E-state index contributed by atoms with van der Waals surface area (Å²) < 4.78 is 0. The molecule has 0 amide bonds. The zero-order chi connectivity index (χ0) is 10.8. The highest BCUT2D eigenvalue weighted by Gasteiger charge is 2.33. The Morgan fingerprint density at radius 2 is 2.00 bits per heavy atom. The SMILES string of the molecule is c1ccc(CN2CCN[C@H](C3CC3)C2)cc1. The second-order valence-electron chi connectivity index (χ2n) is 5.12. The van der Waals surface area contributed by atoms with Gasteiger partial charge in [0.25, 0.3) is 0 Å². The van der Waals surface area contributed by atoms with Crippen molar-refractivity contribution in [3.05, 3.63) is 35.9 Å². The number of nitrogens with one attached hydrogen (secondary N) is 1. The second kappa shape index (κ2) is 4.56. The summed E-state index contributed by atoms with van der Waals surface area (Å²) in [5.74, 6) is 0.971. The van der Waals surface area contributed by atoms with Crippen molar-refractivity contribution in [2.75, 3.05) is 19.6 Å². The first kappa shape index (κ1) is 10.3. The van der Waals surface area contributed by atoms with Crippen molar-refractivity contribution >= 4 is 0 Å². The first-order chi connectivity index (χ1) is 7.92. The fourth-order valence-electron chi connectivity index (χ4n) is 2.64. The molecule has 2 fully saturated rings. The molecule has 1 saturated heterocycles. The lowest BCUT2D eigenvalue weighted by atomic mass is 10.1. The van der Waals surface area contributed by atoms with E-state index in [-0.39, 0.29) is 0 Å². The highest BCUT2D eigenvalue weighted by Crippen LogP contribution is 2.33. The Bertz CT molecular complexity index is 332. The monoisotopic (exact) mass is 216 g/mol. The maximum Gasteiger partial charge on any atom is 0.0234 e. The Morgan fingerprint density at radius 1 is 1.19 bits per heavy atom. The van der Waals surface area contributed by atoms with Crippen molar-refractivity contribution in [2.24, 2.45) is 5.92 Å². The standard InChI is InChI=1S/C14H20N2/c1-2-4-12(5-3-1)10-16-9-8-15-14(11-16)13-6-7-13/h1-5,13-15H,6-11H2/t14-/m0/s1. The lowest BCUT2D eigenvalue weighted by Crippen LogP contribution is -2.51. The quantitative estimate of drug-likeness (QED) is 0.830. The molecule has 1 aliphatic heterocycles. The molecule has 1 heterocycles. The Morgan fingerprint density at radius 3 is 2.75 bits per heavy atom. The molecule has 86 valence electrons. The van der Waals surface area contributed by atoms with Gasteiger partial charge in [-0.25, -0.2) is 0 Å². The minimum absolute atomic E-state index is 0.762. The van der Waals surface area contributed by atoms with Gasteiger partial charge in [-0.05, 0) is 24.3 Å². The number of piperazine rings is 1. The Kier molecular flexibility index (Phi) is 2.94. The molecule has 0 aromatic heterocycles. The molecule has 1 aromatic rings. The molecule has 1 aromatic carbocycles. The van der Waals surface area contributed by atoms with E-state index in [1.165, 1.54) is 31.5 Å². The van der Waals surface area contributed by atoms with Gasteiger partial charge in [0.15, 0.2) is 0 Å². The molecule has 16 heavy (non-hydrogen) atoms. The maximum absolute atomic E-state index is 3.66.